The van der Waals surface area contributed by atoms with Gasteiger partial charge >= 0.3 is 0 Å². The molecule has 1 N–H and O–H groups in total. The summed E-state index contributed by atoms with van der Waals surface area (Å²) >= 11 is 1.71. The van der Waals surface area contributed by atoms with Crippen LogP contribution in [0.3, 0.4) is 0 Å². The van der Waals surface area contributed by atoms with Crippen LogP contribution >= 0.6 is 11.3 Å². The molecule has 0 bridgehead atoms. The van der Waals surface area contributed by atoms with E-state index in [-0.39, 0.29) is 24.0 Å². The first kappa shape index (κ1) is 20.8. The van der Waals surface area contributed by atoms with E-state index in [1.807, 2.05) is 18.4 Å². The van der Waals surface area contributed by atoms with Gasteiger partial charge in [0.15, 0.2) is 6.61 Å². The molecule has 3 rings (SSSR count). The molecular weight excluding hydrogens is 394 g/mol. The maximum Gasteiger partial charge on any atom is 0.273 e. The molecule has 1 aromatic carbocycles. The third-order valence-corrected chi connectivity index (χ3v) is 5.75. The van der Waals surface area contributed by atoms with Gasteiger partial charge in [0.25, 0.3) is 11.6 Å². The van der Waals surface area contributed by atoms with E-state index in [9.17, 15) is 19.7 Å². The fraction of sp³-hybridized carbons (Fsp3) is 0.400. The molecule has 1 aliphatic rings. The van der Waals surface area contributed by atoms with Gasteiger partial charge in [0.1, 0.15) is 11.8 Å². The summed E-state index contributed by atoms with van der Waals surface area (Å²) in [5.74, 6) is -0.294. The van der Waals surface area contributed by atoms with Crippen molar-refractivity contribution in [3.05, 3.63) is 56.3 Å². The molecule has 1 atom stereocenters. The second-order valence-electron chi connectivity index (χ2n) is 6.83. The Kier molecular flexibility index (Phi) is 6.82. The Morgan fingerprint density at radius 1 is 1.38 bits per heavy atom. The van der Waals surface area contributed by atoms with Crippen LogP contribution in [-0.4, -0.2) is 40.8 Å². The Morgan fingerprint density at radius 3 is 2.97 bits per heavy atom. The van der Waals surface area contributed by atoms with Crippen LogP contribution in [0.25, 0.3) is 0 Å². The molecule has 8 nitrogen and oxygen atoms in total. The number of nitrogens with zero attached hydrogens (tertiary/aromatic N) is 2. The van der Waals surface area contributed by atoms with Crippen LogP contribution in [0.5, 0.6) is 5.75 Å². The SMILES string of the molecule is CCCC(NC(=O)COc1cccc([N+](=O)[O-])c1)C(=O)N1CCc2sccc2C1. The van der Waals surface area contributed by atoms with Gasteiger partial charge in [-0.05, 0) is 35.9 Å². The van der Waals surface area contributed by atoms with Crippen molar-refractivity contribution in [1.82, 2.24) is 10.2 Å². The fourth-order valence-electron chi connectivity index (χ4n) is 3.27. The predicted octanol–water partition coefficient (Wildman–Crippen LogP) is 2.90. The Morgan fingerprint density at radius 2 is 2.21 bits per heavy atom. The number of fused-ring (bicyclic) bond motifs is 1. The van der Waals surface area contributed by atoms with Crippen LogP contribution in [0.4, 0.5) is 5.69 Å². The topological polar surface area (TPSA) is 102 Å². The zero-order valence-corrected chi connectivity index (χ0v) is 16.9. The summed E-state index contributed by atoms with van der Waals surface area (Å²) in [5, 5.41) is 15.6. The molecule has 29 heavy (non-hydrogen) atoms. The number of nitrogens with one attached hydrogen (secondary N) is 1. The smallest absolute Gasteiger partial charge is 0.273 e. The number of hydrogen-bond acceptors (Lipinski definition) is 6. The zero-order valence-electron chi connectivity index (χ0n) is 16.1. The molecule has 0 saturated carbocycles. The maximum atomic E-state index is 12.9. The first-order valence-electron chi connectivity index (χ1n) is 9.48. The van der Waals surface area contributed by atoms with E-state index in [0.717, 1.165) is 12.8 Å². The van der Waals surface area contributed by atoms with E-state index < -0.39 is 16.9 Å². The van der Waals surface area contributed by atoms with Crippen molar-refractivity contribution in [2.24, 2.45) is 0 Å². The van der Waals surface area contributed by atoms with Gasteiger partial charge in [-0.25, -0.2) is 0 Å². The molecule has 2 aromatic rings. The van der Waals surface area contributed by atoms with Gasteiger partial charge in [-0.15, -0.1) is 11.3 Å². The fourth-order valence-corrected chi connectivity index (χ4v) is 4.16. The van der Waals surface area contributed by atoms with Crippen LogP contribution in [0.15, 0.2) is 35.7 Å². The van der Waals surface area contributed by atoms with Gasteiger partial charge in [0, 0.05) is 24.0 Å². The van der Waals surface area contributed by atoms with E-state index >= 15 is 0 Å². The molecule has 1 aliphatic heterocycles. The third kappa shape index (κ3) is 5.32. The maximum absolute atomic E-state index is 12.9. The summed E-state index contributed by atoms with van der Waals surface area (Å²) in [6, 6.07) is 7.07. The summed E-state index contributed by atoms with van der Waals surface area (Å²) in [7, 11) is 0. The lowest BCUT2D eigenvalue weighted by Gasteiger charge is -2.30. The highest BCUT2D eigenvalue weighted by atomic mass is 32.1. The minimum atomic E-state index is -0.610. The first-order valence-corrected chi connectivity index (χ1v) is 10.4. The van der Waals surface area contributed by atoms with E-state index in [4.69, 9.17) is 4.74 Å². The van der Waals surface area contributed by atoms with Crippen LogP contribution in [0.2, 0.25) is 0 Å². The molecule has 154 valence electrons. The standard InChI is InChI=1S/C20H23N3O5S/c1-2-4-17(20(25)22-9-7-18-14(12-22)8-10-29-18)21-19(24)13-28-16-6-3-5-15(11-16)23(26)27/h3,5-6,8,10-11,17H,2,4,7,9,12-13H2,1H3,(H,21,24). The summed E-state index contributed by atoms with van der Waals surface area (Å²) in [4.78, 5) is 38.7. The number of non-ortho nitro benzene ring substituents is 1. The Hall–Kier alpha value is -2.94. The Bertz CT molecular complexity index is 898. The number of thiophene rings is 1. The highest BCUT2D eigenvalue weighted by molar-refractivity contribution is 7.10. The van der Waals surface area contributed by atoms with Crippen molar-refractivity contribution in [3.8, 4) is 5.75 Å². The summed E-state index contributed by atoms with van der Waals surface area (Å²) in [5.41, 5.74) is 1.06. The predicted molar refractivity (Wildman–Crippen MR) is 109 cm³/mol. The Labute approximate surface area is 172 Å². The van der Waals surface area contributed by atoms with Gasteiger partial charge < -0.3 is 15.0 Å². The average molecular weight is 417 g/mol. The van der Waals surface area contributed by atoms with Gasteiger partial charge in [0.05, 0.1) is 11.0 Å². The van der Waals surface area contributed by atoms with E-state index in [0.29, 0.717) is 19.5 Å². The molecule has 1 aromatic heterocycles. The highest BCUT2D eigenvalue weighted by Gasteiger charge is 2.28. The molecule has 9 heteroatoms. The number of nitro groups is 1. The number of carbonyl (C=O) groups is 2. The Balaban J connectivity index is 1.57. The van der Waals surface area contributed by atoms with E-state index in [2.05, 4.69) is 5.32 Å². The summed E-state index contributed by atoms with van der Waals surface area (Å²) in [6.45, 7) is 2.85. The van der Waals surface area contributed by atoms with Crippen molar-refractivity contribution < 1.29 is 19.2 Å². The quantitative estimate of drug-likeness (QED) is 0.526. The second-order valence-corrected chi connectivity index (χ2v) is 7.83. The second kappa shape index (κ2) is 9.51. The number of benzene rings is 1. The van der Waals surface area contributed by atoms with Gasteiger partial charge in [-0.3, -0.25) is 19.7 Å². The van der Waals surface area contributed by atoms with Gasteiger partial charge in [0.2, 0.25) is 5.91 Å². The largest absolute Gasteiger partial charge is 0.484 e. The number of hydrogen-bond donors (Lipinski definition) is 1. The third-order valence-electron chi connectivity index (χ3n) is 4.73. The van der Waals surface area contributed by atoms with Crippen LogP contribution < -0.4 is 10.1 Å². The minimum absolute atomic E-state index is 0.0904. The van der Waals surface area contributed by atoms with E-state index in [1.54, 1.807) is 22.3 Å². The molecule has 0 aliphatic carbocycles. The van der Waals surface area contributed by atoms with Gasteiger partial charge in [-0.1, -0.05) is 19.4 Å². The van der Waals surface area contributed by atoms with Crippen LogP contribution in [-0.2, 0) is 22.6 Å². The van der Waals surface area contributed by atoms with E-state index in [1.165, 1.54) is 28.6 Å². The monoisotopic (exact) mass is 417 g/mol. The molecule has 1 unspecified atom stereocenters. The number of carbonyl (C=O) groups excluding carboxylic acids is 2. The van der Waals surface area contributed by atoms with Crippen LogP contribution in [0, 0.1) is 10.1 Å². The molecule has 0 radical (unpaired) electrons. The van der Waals surface area contributed by atoms with Crippen molar-refractivity contribution >= 4 is 28.8 Å². The molecular formula is C20H23N3O5S. The summed E-state index contributed by atoms with van der Waals surface area (Å²) in [6.07, 6.45) is 2.12. The number of amides is 2. The molecule has 2 heterocycles. The first-order chi connectivity index (χ1) is 14.0. The zero-order chi connectivity index (χ0) is 20.8. The lowest BCUT2D eigenvalue weighted by atomic mass is 10.1. The summed E-state index contributed by atoms with van der Waals surface area (Å²) < 4.78 is 5.36. The lowest BCUT2D eigenvalue weighted by Crippen LogP contribution is -2.50. The van der Waals surface area contributed by atoms with Crippen molar-refractivity contribution in [3.63, 3.8) is 0 Å². The minimum Gasteiger partial charge on any atom is -0.484 e. The van der Waals surface area contributed by atoms with Crippen molar-refractivity contribution in [2.45, 2.75) is 38.8 Å². The average Bonchev–Trinajstić information content (AvgIpc) is 3.19. The molecule has 2 amide bonds. The molecule has 0 spiro atoms. The molecule has 0 saturated heterocycles. The highest BCUT2D eigenvalue weighted by Crippen LogP contribution is 2.24. The molecule has 0 fully saturated rings. The van der Waals surface area contributed by atoms with Crippen molar-refractivity contribution in [2.75, 3.05) is 13.2 Å². The number of rotatable bonds is 8. The van der Waals surface area contributed by atoms with Crippen molar-refractivity contribution in [1.29, 1.82) is 0 Å². The van der Waals surface area contributed by atoms with Gasteiger partial charge in [-0.2, -0.15) is 0 Å². The number of ether oxygens (including phenoxy) is 1. The normalized spacial score (nSPS) is 14.0. The lowest BCUT2D eigenvalue weighted by molar-refractivity contribution is -0.384. The van der Waals surface area contributed by atoms with Crippen LogP contribution in [0.1, 0.15) is 30.2 Å². The number of nitro benzene ring substituents is 1.